The molecule has 17 unspecified atom stereocenters. The van der Waals surface area contributed by atoms with Crippen LogP contribution in [0.25, 0.3) is 0 Å². The van der Waals surface area contributed by atoms with E-state index in [1.54, 1.807) is 6.08 Å². The molecule has 0 spiro atoms. The van der Waals surface area contributed by atoms with Gasteiger partial charge in [0.15, 0.2) is 18.9 Å². The van der Waals surface area contributed by atoms with E-state index in [9.17, 15) is 61.0 Å². The Balaban J connectivity index is 1.33. The van der Waals surface area contributed by atoms with Crippen molar-refractivity contribution in [2.45, 2.75) is 426 Å². The lowest BCUT2D eigenvalue weighted by molar-refractivity contribution is -0.379. The van der Waals surface area contributed by atoms with Crippen LogP contribution >= 0.6 is 0 Å². The molecule has 3 fully saturated rings. The molecule has 0 aromatic heterocycles. The third kappa shape index (κ3) is 42.6. The Morgan fingerprint density at radius 2 is 0.663 bits per heavy atom. The van der Waals surface area contributed by atoms with Crippen molar-refractivity contribution in [3.05, 3.63) is 60.8 Å². The second kappa shape index (κ2) is 62.5. The summed E-state index contributed by atoms with van der Waals surface area (Å²) in [7, 11) is 0. The van der Waals surface area contributed by atoms with E-state index in [1.165, 1.54) is 238 Å². The van der Waals surface area contributed by atoms with Crippen molar-refractivity contribution in [1.29, 1.82) is 0 Å². The highest BCUT2D eigenvalue weighted by Gasteiger charge is 2.54. The highest BCUT2D eigenvalue weighted by molar-refractivity contribution is 5.76. The van der Waals surface area contributed by atoms with Crippen LogP contribution in [0.3, 0.4) is 0 Å². The van der Waals surface area contributed by atoms with E-state index in [-0.39, 0.29) is 18.9 Å². The Labute approximate surface area is 611 Å². The Hall–Kier alpha value is -2.51. The Bertz CT molecular complexity index is 2060. The summed E-state index contributed by atoms with van der Waals surface area (Å²) in [5, 5.41) is 121. The Morgan fingerprint density at radius 1 is 0.356 bits per heavy atom. The number of nitrogens with one attached hydrogen (secondary N) is 1. The van der Waals surface area contributed by atoms with E-state index >= 15 is 0 Å². The number of allylic oxidation sites excluding steroid dienone is 9. The maximum atomic E-state index is 13.5. The number of aliphatic hydroxyl groups excluding tert-OH is 11. The molecular formula is C82H149NO18. The molecule has 19 nitrogen and oxygen atoms in total. The van der Waals surface area contributed by atoms with Gasteiger partial charge in [-0.2, -0.15) is 0 Å². The third-order valence-electron chi connectivity index (χ3n) is 20.3. The number of hydrogen-bond acceptors (Lipinski definition) is 18. The van der Waals surface area contributed by atoms with Gasteiger partial charge in [0.1, 0.15) is 73.2 Å². The van der Waals surface area contributed by atoms with Gasteiger partial charge in [-0.1, -0.05) is 306 Å². The molecule has 19 heteroatoms. The first-order chi connectivity index (χ1) is 49.3. The van der Waals surface area contributed by atoms with Gasteiger partial charge in [-0.3, -0.25) is 4.79 Å². The number of carbonyl (C=O) groups is 1. The quantitative estimate of drug-likeness (QED) is 0.0199. The first kappa shape index (κ1) is 92.7. The van der Waals surface area contributed by atoms with Gasteiger partial charge in [0.05, 0.1) is 38.6 Å². The van der Waals surface area contributed by atoms with E-state index in [0.29, 0.717) is 12.8 Å². The molecule has 0 aromatic rings. The molecule has 0 aromatic carbocycles. The normalized spacial score (nSPS) is 26.6. The maximum absolute atomic E-state index is 13.5. The average Bonchev–Trinajstić information content (AvgIpc) is 0.789. The molecule has 1 amide bonds. The number of aliphatic hydroxyl groups is 11. The molecule has 12 N–H and O–H groups in total. The van der Waals surface area contributed by atoms with Crippen LogP contribution in [0, 0.1) is 0 Å². The first-order valence-electron chi connectivity index (χ1n) is 41.0. The zero-order valence-corrected chi connectivity index (χ0v) is 63.1. The highest BCUT2D eigenvalue weighted by atomic mass is 16.8. The van der Waals surface area contributed by atoms with Crippen molar-refractivity contribution in [2.24, 2.45) is 0 Å². The summed E-state index contributed by atoms with van der Waals surface area (Å²) in [6, 6.07) is -0.991. The molecule has 0 bridgehead atoms. The van der Waals surface area contributed by atoms with E-state index in [1.807, 2.05) is 6.08 Å². The van der Waals surface area contributed by atoms with Crippen LogP contribution in [0.1, 0.15) is 322 Å². The van der Waals surface area contributed by atoms with Gasteiger partial charge in [0.2, 0.25) is 5.91 Å². The summed E-state index contributed by atoms with van der Waals surface area (Å²) in [5.74, 6) is -0.281. The predicted octanol–water partition coefficient (Wildman–Crippen LogP) is 13.8. The number of amides is 1. The molecule has 0 aliphatic carbocycles. The van der Waals surface area contributed by atoms with Crippen LogP contribution in [0.2, 0.25) is 0 Å². The monoisotopic (exact) mass is 1440 g/mol. The molecule has 3 aliphatic heterocycles. The third-order valence-corrected chi connectivity index (χ3v) is 20.3. The fourth-order valence-electron chi connectivity index (χ4n) is 13.7. The Morgan fingerprint density at radius 3 is 1.06 bits per heavy atom. The van der Waals surface area contributed by atoms with Crippen LogP contribution in [0.4, 0.5) is 0 Å². The van der Waals surface area contributed by atoms with Crippen LogP contribution in [0.5, 0.6) is 0 Å². The Kier molecular flexibility index (Phi) is 57.4. The number of carbonyl (C=O) groups excluding carboxylic acids is 1. The average molecular weight is 1440 g/mol. The summed E-state index contributed by atoms with van der Waals surface area (Å²) < 4.78 is 34.4. The van der Waals surface area contributed by atoms with E-state index in [4.69, 9.17) is 28.4 Å². The fourth-order valence-corrected chi connectivity index (χ4v) is 13.7. The van der Waals surface area contributed by atoms with E-state index < -0.39 is 124 Å². The van der Waals surface area contributed by atoms with Crippen molar-refractivity contribution in [2.75, 3.05) is 26.4 Å². The van der Waals surface area contributed by atoms with Crippen molar-refractivity contribution < 1.29 is 89.4 Å². The molecular weight excluding hydrogens is 1290 g/mol. The van der Waals surface area contributed by atoms with Gasteiger partial charge in [0.25, 0.3) is 0 Å². The number of rotatable bonds is 65. The SMILES string of the molecule is CCCCCCC/C=C\C/C=C\C/C=C\CCCCCCCCCCCCCCCCCCCCCCCCC(=O)NC(COC1OC(CO)C(OC2OC(CO)C(OC3OC(CO)C(O)C(O)C3O)C(O)C2O)C(O)C1O)C(O)/C=C/CC/C=C/CCCCCCCCCCCCCCC. The lowest BCUT2D eigenvalue weighted by atomic mass is 9.96. The molecule has 17 atom stereocenters. The minimum atomic E-state index is -1.98. The van der Waals surface area contributed by atoms with Gasteiger partial charge in [-0.05, 0) is 70.6 Å². The van der Waals surface area contributed by atoms with Crippen molar-refractivity contribution in [3.8, 4) is 0 Å². The second-order valence-electron chi connectivity index (χ2n) is 29.2. The van der Waals surface area contributed by atoms with Crippen LogP contribution in [-0.4, -0.2) is 193 Å². The molecule has 3 heterocycles. The fraction of sp³-hybridized carbons (Fsp3) is 0.866. The maximum Gasteiger partial charge on any atom is 0.220 e. The zero-order chi connectivity index (χ0) is 73.2. The summed E-state index contributed by atoms with van der Waals surface area (Å²) in [4.78, 5) is 13.5. The lowest BCUT2D eigenvalue weighted by Gasteiger charge is -2.48. The van der Waals surface area contributed by atoms with Crippen molar-refractivity contribution in [3.63, 3.8) is 0 Å². The minimum Gasteiger partial charge on any atom is -0.394 e. The summed E-state index contributed by atoms with van der Waals surface area (Å²) in [5.41, 5.74) is 0. The number of hydrogen-bond donors (Lipinski definition) is 12. The van der Waals surface area contributed by atoms with E-state index in [0.717, 1.165) is 51.4 Å². The van der Waals surface area contributed by atoms with Gasteiger partial charge in [-0.25, -0.2) is 0 Å². The molecule has 3 saturated heterocycles. The lowest BCUT2D eigenvalue weighted by Crippen LogP contribution is -2.66. The topological polar surface area (TPSA) is 307 Å². The molecule has 3 aliphatic rings. The van der Waals surface area contributed by atoms with Gasteiger partial charge >= 0.3 is 0 Å². The van der Waals surface area contributed by atoms with Crippen LogP contribution in [-0.2, 0) is 33.2 Å². The highest BCUT2D eigenvalue weighted by Crippen LogP contribution is 2.33. The van der Waals surface area contributed by atoms with Crippen LogP contribution in [0.15, 0.2) is 60.8 Å². The van der Waals surface area contributed by atoms with Crippen molar-refractivity contribution >= 4 is 5.91 Å². The van der Waals surface area contributed by atoms with Gasteiger partial charge in [-0.15, -0.1) is 0 Å². The summed E-state index contributed by atoms with van der Waals surface area (Å²) >= 11 is 0. The second-order valence-corrected chi connectivity index (χ2v) is 29.2. The molecule has 0 radical (unpaired) electrons. The predicted molar refractivity (Wildman–Crippen MR) is 402 cm³/mol. The molecule has 3 rings (SSSR count). The zero-order valence-electron chi connectivity index (χ0n) is 63.1. The largest absolute Gasteiger partial charge is 0.394 e. The standard InChI is InChI=1S/C82H149NO18/c1-3-5-7-9-11-13-15-17-19-21-23-24-25-26-27-28-29-30-31-32-33-34-35-36-37-38-39-40-42-44-46-48-50-52-54-56-58-60-70(88)83-65(66(87)59-57-55-53-51-49-47-45-43-41-22-20-18-16-14-12-10-8-6-4-2)64-96-80-76(94)73(91)78(68(62-85)98-80)101-82-77(95)74(92)79(69(63-86)99-82)100-81-75(93)72(90)71(89)67(61-84)97-81/h15,17,21,23,25-26,49,51,57,59,65-69,71-82,84-87,89-95H,3-14,16,18-20,22,24,27-48,50,52-56,58,60-64H2,1-2H3,(H,83,88)/b17-15-,23-21-,26-25-,51-49+,59-57+. The summed E-state index contributed by atoms with van der Waals surface area (Å²) in [6.07, 6.45) is 53.7. The van der Waals surface area contributed by atoms with Crippen LogP contribution < -0.4 is 5.32 Å². The number of ether oxygens (including phenoxy) is 6. The summed E-state index contributed by atoms with van der Waals surface area (Å²) in [6.45, 7) is 1.74. The molecule has 590 valence electrons. The van der Waals surface area contributed by atoms with Gasteiger partial charge in [0, 0.05) is 6.42 Å². The van der Waals surface area contributed by atoms with E-state index in [2.05, 4.69) is 67.8 Å². The van der Waals surface area contributed by atoms with Gasteiger partial charge < -0.3 is 89.9 Å². The first-order valence-corrected chi connectivity index (χ1v) is 41.0. The smallest absolute Gasteiger partial charge is 0.220 e. The van der Waals surface area contributed by atoms with Crippen molar-refractivity contribution in [1.82, 2.24) is 5.32 Å². The molecule has 101 heavy (non-hydrogen) atoms. The number of unbranched alkanes of at least 4 members (excludes halogenated alkanes) is 41. The minimum absolute atomic E-state index is 0.237. The molecule has 0 saturated carbocycles.